The fourth-order valence-corrected chi connectivity index (χ4v) is 3.88. The standard InChI is InChI=1S/C16H13N3O4S2/c1-9-14(25-16(18-9)10-4-5-24-8-10)15(21)17-7-11-6-12(19(22)23)2-3-13(11)20/h2-6,8,20H,7H2,1H3,(H,17,21)/p-1. The lowest BCUT2D eigenvalue weighted by atomic mass is 10.1. The molecule has 1 N–H and O–H groups in total. The topological polar surface area (TPSA) is 108 Å². The Bertz CT molecular complexity index is 935. The second-order valence-electron chi connectivity index (χ2n) is 5.18. The van der Waals surface area contributed by atoms with Crippen molar-refractivity contribution >= 4 is 34.3 Å². The first kappa shape index (κ1) is 17.1. The van der Waals surface area contributed by atoms with Crippen LogP contribution >= 0.6 is 22.7 Å². The quantitative estimate of drug-likeness (QED) is 0.545. The van der Waals surface area contributed by atoms with Gasteiger partial charge in [0.05, 0.1) is 10.6 Å². The molecule has 0 radical (unpaired) electrons. The Balaban J connectivity index is 1.75. The van der Waals surface area contributed by atoms with Crippen molar-refractivity contribution in [3.8, 4) is 16.3 Å². The van der Waals surface area contributed by atoms with Gasteiger partial charge >= 0.3 is 0 Å². The van der Waals surface area contributed by atoms with Crippen LogP contribution in [-0.4, -0.2) is 15.8 Å². The van der Waals surface area contributed by atoms with E-state index in [-0.39, 0.29) is 29.5 Å². The molecular formula is C16H12N3O4S2-. The third kappa shape index (κ3) is 3.67. The minimum Gasteiger partial charge on any atom is -0.872 e. The second kappa shape index (κ2) is 6.99. The van der Waals surface area contributed by atoms with Crippen molar-refractivity contribution in [2.75, 3.05) is 0 Å². The first-order valence-corrected chi connectivity index (χ1v) is 8.94. The van der Waals surface area contributed by atoms with Crippen molar-refractivity contribution in [1.82, 2.24) is 10.3 Å². The van der Waals surface area contributed by atoms with Gasteiger partial charge in [0.25, 0.3) is 11.6 Å². The van der Waals surface area contributed by atoms with Gasteiger partial charge in [0.1, 0.15) is 9.88 Å². The molecule has 0 unspecified atom stereocenters. The van der Waals surface area contributed by atoms with Crippen LogP contribution in [0.15, 0.2) is 35.0 Å². The van der Waals surface area contributed by atoms with E-state index in [1.165, 1.54) is 17.4 Å². The fraction of sp³-hybridized carbons (Fsp3) is 0.125. The molecule has 1 amide bonds. The monoisotopic (exact) mass is 374 g/mol. The van der Waals surface area contributed by atoms with E-state index in [0.29, 0.717) is 10.6 Å². The number of nitrogens with one attached hydrogen (secondary N) is 1. The summed E-state index contributed by atoms with van der Waals surface area (Å²) in [5.41, 5.74) is 1.54. The molecule has 7 nitrogen and oxygen atoms in total. The molecule has 0 aliphatic carbocycles. The largest absolute Gasteiger partial charge is 0.872 e. The molecular weight excluding hydrogens is 362 g/mol. The average Bonchev–Trinajstić information content (AvgIpc) is 3.23. The highest BCUT2D eigenvalue weighted by atomic mass is 32.1. The van der Waals surface area contributed by atoms with Crippen LogP contribution in [0.2, 0.25) is 0 Å². The van der Waals surface area contributed by atoms with Gasteiger partial charge in [-0.3, -0.25) is 14.9 Å². The zero-order valence-corrected chi connectivity index (χ0v) is 14.6. The van der Waals surface area contributed by atoms with Gasteiger partial charge in [-0.15, -0.1) is 17.1 Å². The van der Waals surface area contributed by atoms with Crippen molar-refractivity contribution in [2.45, 2.75) is 13.5 Å². The molecule has 2 aromatic heterocycles. The molecule has 0 saturated heterocycles. The first-order valence-electron chi connectivity index (χ1n) is 7.18. The van der Waals surface area contributed by atoms with Crippen LogP contribution in [0.4, 0.5) is 5.69 Å². The summed E-state index contributed by atoms with van der Waals surface area (Å²) in [5.74, 6) is -0.715. The summed E-state index contributed by atoms with van der Waals surface area (Å²) >= 11 is 2.82. The Hall–Kier alpha value is -2.78. The van der Waals surface area contributed by atoms with Crippen LogP contribution in [0.3, 0.4) is 0 Å². The van der Waals surface area contributed by atoms with E-state index in [0.717, 1.165) is 22.7 Å². The number of aryl methyl sites for hydroxylation is 1. The van der Waals surface area contributed by atoms with Gasteiger partial charge in [-0.2, -0.15) is 11.3 Å². The van der Waals surface area contributed by atoms with Crippen LogP contribution in [-0.2, 0) is 6.54 Å². The number of nitro groups is 1. The van der Waals surface area contributed by atoms with Gasteiger partial charge in [-0.25, -0.2) is 4.98 Å². The van der Waals surface area contributed by atoms with Gasteiger partial charge in [-0.1, -0.05) is 6.07 Å². The van der Waals surface area contributed by atoms with Crippen molar-refractivity contribution in [3.05, 3.63) is 61.3 Å². The first-order chi connectivity index (χ1) is 12.0. The van der Waals surface area contributed by atoms with Crippen molar-refractivity contribution in [3.63, 3.8) is 0 Å². The summed E-state index contributed by atoms with van der Waals surface area (Å²) in [4.78, 5) is 27.4. The number of hydrogen-bond donors (Lipinski definition) is 1. The number of benzene rings is 1. The van der Waals surface area contributed by atoms with Crippen molar-refractivity contribution < 1.29 is 14.8 Å². The van der Waals surface area contributed by atoms with E-state index in [1.807, 2.05) is 16.8 Å². The van der Waals surface area contributed by atoms with Gasteiger partial charge in [0.2, 0.25) is 0 Å². The van der Waals surface area contributed by atoms with Crippen molar-refractivity contribution in [1.29, 1.82) is 0 Å². The molecule has 2 heterocycles. The maximum absolute atomic E-state index is 12.4. The summed E-state index contributed by atoms with van der Waals surface area (Å²) < 4.78 is 0. The number of nitro benzene ring substituents is 1. The van der Waals surface area contributed by atoms with Gasteiger partial charge in [-0.05, 0) is 23.9 Å². The summed E-state index contributed by atoms with van der Waals surface area (Å²) in [6.45, 7) is 1.66. The number of hydrogen-bond acceptors (Lipinski definition) is 7. The Morgan fingerprint density at radius 1 is 1.36 bits per heavy atom. The Morgan fingerprint density at radius 2 is 2.16 bits per heavy atom. The van der Waals surface area contributed by atoms with Crippen molar-refractivity contribution in [2.24, 2.45) is 0 Å². The van der Waals surface area contributed by atoms with E-state index >= 15 is 0 Å². The lowest BCUT2D eigenvalue weighted by molar-refractivity contribution is -0.385. The van der Waals surface area contributed by atoms with Gasteiger partial charge in [0, 0.05) is 29.6 Å². The summed E-state index contributed by atoms with van der Waals surface area (Å²) in [7, 11) is 0. The van der Waals surface area contributed by atoms with Crippen LogP contribution < -0.4 is 10.4 Å². The number of rotatable bonds is 5. The van der Waals surface area contributed by atoms with Crippen LogP contribution in [0, 0.1) is 17.0 Å². The highest BCUT2D eigenvalue weighted by Gasteiger charge is 2.16. The van der Waals surface area contributed by atoms with Crippen LogP contribution in [0.1, 0.15) is 20.9 Å². The summed E-state index contributed by atoms with van der Waals surface area (Å²) in [6, 6.07) is 5.39. The van der Waals surface area contributed by atoms with E-state index in [4.69, 9.17) is 0 Å². The predicted octanol–water partition coefficient (Wildman–Crippen LogP) is 3.09. The number of carbonyl (C=O) groups is 1. The lowest BCUT2D eigenvalue weighted by Gasteiger charge is -2.13. The van der Waals surface area contributed by atoms with E-state index in [1.54, 1.807) is 18.3 Å². The second-order valence-corrected chi connectivity index (χ2v) is 6.96. The van der Waals surface area contributed by atoms with E-state index in [9.17, 15) is 20.0 Å². The number of thiazole rings is 1. The Morgan fingerprint density at radius 3 is 2.84 bits per heavy atom. The minimum absolute atomic E-state index is 0.0789. The molecule has 0 aliphatic heterocycles. The maximum atomic E-state index is 12.4. The molecule has 9 heteroatoms. The molecule has 1 aromatic carbocycles. The summed E-state index contributed by atoms with van der Waals surface area (Å²) in [6.07, 6.45) is 0. The SMILES string of the molecule is Cc1nc(-c2ccsc2)sc1C(=O)NCc1cc([N+](=O)[O-])ccc1[O-]. The zero-order chi connectivity index (χ0) is 18.0. The Kier molecular flexibility index (Phi) is 4.77. The number of thiophene rings is 1. The molecule has 0 aliphatic rings. The number of nitrogens with zero attached hydrogens (tertiary/aromatic N) is 2. The molecule has 0 saturated carbocycles. The predicted molar refractivity (Wildman–Crippen MR) is 93.9 cm³/mol. The molecule has 0 atom stereocenters. The molecule has 0 fully saturated rings. The number of aromatic nitrogens is 1. The maximum Gasteiger partial charge on any atom is 0.269 e. The molecule has 0 spiro atoms. The number of non-ortho nitro benzene ring substituents is 1. The zero-order valence-electron chi connectivity index (χ0n) is 13.0. The van der Waals surface area contributed by atoms with E-state index < -0.39 is 4.92 Å². The average molecular weight is 374 g/mol. The molecule has 25 heavy (non-hydrogen) atoms. The third-order valence-corrected chi connectivity index (χ3v) is 5.35. The lowest BCUT2D eigenvalue weighted by Crippen LogP contribution is -2.23. The van der Waals surface area contributed by atoms with Crippen LogP contribution in [0.25, 0.3) is 10.6 Å². The minimum atomic E-state index is -0.578. The molecule has 3 aromatic rings. The molecule has 0 bridgehead atoms. The molecule has 128 valence electrons. The third-order valence-electron chi connectivity index (χ3n) is 3.47. The highest BCUT2D eigenvalue weighted by Crippen LogP contribution is 2.29. The smallest absolute Gasteiger partial charge is 0.269 e. The fourth-order valence-electron chi connectivity index (χ4n) is 2.19. The number of amides is 1. The molecule has 3 rings (SSSR count). The Labute approximate surface area is 150 Å². The van der Waals surface area contributed by atoms with Gasteiger partial charge in [0.15, 0.2) is 0 Å². The normalized spacial score (nSPS) is 10.6. The van der Waals surface area contributed by atoms with Crippen LogP contribution in [0.5, 0.6) is 5.75 Å². The van der Waals surface area contributed by atoms with E-state index in [2.05, 4.69) is 10.3 Å². The highest BCUT2D eigenvalue weighted by molar-refractivity contribution is 7.17. The van der Waals surface area contributed by atoms with Gasteiger partial charge < -0.3 is 10.4 Å². The summed E-state index contributed by atoms with van der Waals surface area (Å²) in [5, 5.41) is 29.9. The number of carbonyl (C=O) groups excluding carboxylic acids is 1.